The maximum Gasteiger partial charge on any atom is 0.264 e. The number of aliphatic hydroxyl groups excluding tert-OH is 1. The summed E-state index contributed by atoms with van der Waals surface area (Å²) in [4.78, 5) is 11.8. The predicted molar refractivity (Wildman–Crippen MR) is 93.4 cm³/mol. The SMILES string of the molecule is Cc1ccccc1OCC(=O)NC(=S)Nc1cccc(CO)c1. The number of carbonyl (C=O) groups excluding carboxylic acids is 1. The number of hydrogen-bond donors (Lipinski definition) is 3. The van der Waals surface area contributed by atoms with Crippen molar-refractivity contribution in [1.29, 1.82) is 0 Å². The molecule has 2 aromatic carbocycles. The van der Waals surface area contributed by atoms with Crippen molar-refractivity contribution in [3.8, 4) is 5.75 Å². The van der Waals surface area contributed by atoms with Crippen LogP contribution >= 0.6 is 12.2 Å². The lowest BCUT2D eigenvalue weighted by Crippen LogP contribution is -2.37. The van der Waals surface area contributed by atoms with E-state index in [0.717, 1.165) is 11.1 Å². The minimum atomic E-state index is -0.343. The number of aliphatic hydroxyl groups is 1. The fraction of sp³-hybridized carbons (Fsp3) is 0.176. The number of carbonyl (C=O) groups is 1. The normalized spacial score (nSPS) is 10.0. The Balaban J connectivity index is 1.82. The number of ether oxygens (including phenoxy) is 1. The van der Waals surface area contributed by atoms with Crippen LogP contribution in [0.3, 0.4) is 0 Å². The molecular weight excluding hydrogens is 312 g/mol. The molecule has 2 rings (SSSR count). The summed E-state index contributed by atoms with van der Waals surface area (Å²) >= 11 is 5.09. The molecule has 0 atom stereocenters. The summed E-state index contributed by atoms with van der Waals surface area (Å²) in [6.45, 7) is 1.73. The first-order chi connectivity index (χ1) is 11.1. The zero-order valence-corrected chi connectivity index (χ0v) is 13.5. The van der Waals surface area contributed by atoms with Crippen molar-refractivity contribution in [2.75, 3.05) is 11.9 Å². The van der Waals surface area contributed by atoms with Crippen LogP contribution in [0.5, 0.6) is 5.75 Å². The third kappa shape index (κ3) is 5.36. The Morgan fingerprint density at radius 1 is 1.22 bits per heavy atom. The predicted octanol–water partition coefficient (Wildman–Crippen LogP) is 2.38. The Hall–Kier alpha value is -2.44. The largest absolute Gasteiger partial charge is 0.483 e. The molecule has 0 aliphatic carbocycles. The first-order valence-electron chi connectivity index (χ1n) is 7.07. The zero-order chi connectivity index (χ0) is 16.7. The van der Waals surface area contributed by atoms with Gasteiger partial charge in [0.1, 0.15) is 5.75 Å². The highest BCUT2D eigenvalue weighted by molar-refractivity contribution is 7.80. The van der Waals surface area contributed by atoms with Gasteiger partial charge in [-0.1, -0.05) is 30.3 Å². The highest BCUT2D eigenvalue weighted by atomic mass is 32.1. The Morgan fingerprint density at radius 3 is 2.74 bits per heavy atom. The van der Waals surface area contributed by atoms with Gasteiger partial charge in [0, 0.05) is 5.69 Å². The van der Waals surface area contributed by atoms with Gasteiger partial charge in [-0.3, -0.25) is 10.1 Å². The van der Waals surface area contributed by atoms with Gasteiger partial charge in [-0.05, 0) is 48.5 Å². The van der Waals surface area contributed by atoms with Crippen LogP contribution in [0.4, 0.5) is 5.69 Å². The fourth-order valence-electron chi connectivity index (χ4n) is 1.93. The van der Waals surface area contributed by atoms with Crippen LogP contribution < -0.4 is 15.4 Å². The van der Waals surface area contributed by atoms with E-state index in [-0.39, 0.29) is 24.2 Å². The molecule has 0 aromatic heterocycles. The minimum absolute atomic E-state index is 0.0566. The summed E-state index contributed by atoms with van der Waals surface area (Å²) in [5.41, 5.74) is 2.41. The number of para-hydroxylation sites is 1. The number of anilines is 1. The van der Waals surface area contributed by atoms with Crippen LogP contribution in [-0.4, -0.2) is 22.7 Å². The van der Waals surface area contributed by atoms with Gasteiger partial charge in [0.15, 0.2) is 11.7 Å². The molecule has 0 aliphatic heterocycles. The van der Waals surface area contributed by atoms with Gasteiger partial charge in [0.2, 0.25) is 0 Å². The summed E-state index contributed by atoms with van der Waals surface area (Å²) in [7, 11) is 0. The summed E-state index contributed by atoms with van der Waals surface area (Å²) in [5, 5.41) is 14.7. The second-order valence-electron chi connectivity index (χ2n) is 4.91. The number of benzene rings is 2. The van der Waals surface area contributed by atoms with E-state index in [2.05, 4.69) is 10.6 Å². The molecule has 3 N–H and O–H groups in total. The van der Waals surface area contributed by atoms with E-state index in [9.17, 15) is 4.79 Å². The van der Waals surface area contributed by atoms with Crippen molar-refractivity contribution >= 4 is 28.9 Å². The molecule has 0 saturated heterocycles. The maximum absolute atomic E-state index is 11.8. The summed E-state index contributed by atoms with van der Waals surface area (Å²) in [6.07, 6.45) is 0. The first-order valence-corrected chi connectivity index (χ1v) is 7.48. The Bertz CT molecular complexity index is 704. The van der Waals surface area contributed by atoms with Gasteiger partial charge in [-0.15, -0.1) is 0 Å². The van der Waals surface area contributed by atoms with E-state index in [1.165, 1.54) is 0 Å². The van der Waals surface area contributed by atoms with Crippen molar-refractivity contribution in [3.63, 3.8) is 0 Å². The lowest BCUT2D eigenvalue weighted by molar-refractivity contribution is -0.121. The zero-order valence-electron chi connectivity index (χ0n) is 12.7. The third-order valence-electron chi connectivity index (χ3n) is 3.07. The molecule has 0 heterocycles. The van der Waals surface area contributed by atoms with Crippen LogP contribution in [0.25, 0.3) is 0 Å². The molecular formula is C17H18N2O3S. The minimum Gasteiger partial charge on any atom is -0.483 e. The van der Waals surface area contributed by atoms with Crippen molar-refractivity contribution in [1.82, 2.24) is 5.32 Å². The molecule has 0 saturated carbocycles. The number of amides is 1. The Morgan fingerprint density at radius 2 is 2.00 bits per heavy atom. The smallest absolute Gasteiger partial charge is 0.264 e. The highest BCUT2D eigenvalue weighted by Crippen LogP contribution is 2.15. The molecule has 0 bridgehead atoms. The van der Waals surface area contributed by atoms with Crippen LogP contribution in [-0.2, 0) is 11.4 Å². The van der Waals surface area contributed by atoms with E-state index in [1.54, 1.807) is 30.3 Å². The number of rotatable bonds is 5. The lowest BCUT2D eigenvalue weighted by Gasteiger charge is -2.11. The van der Waals surface area contributed by atoms with Crippen LogP contribution in [0.15, 0.2) is 48.5 Å². The van der Waals surface area contributed by atoms with Crippen LogP contribution in [0.1, 0.15) is 11.1 Å². The number of hydrogen-bond acceptors (Lipinski definition) is 4. The molecule has 0 aliphatic rings. The third-order valence-corrected chi connectivity index (χ3v) is 3.28. The van der Waals surface area contributed by atoms with Crippen molar-refractivity contribution in [2.45, 2.75) is 13.5 Å². The monoisotopic (exact) mass is 330 g/mol. The summed E-state index contributed by atoms with van der Waals surface area (Å²) < 4.78 is 5.45. The Kier molecular flexibility index (Phi) is 6.08. The van der Waals surface area contributed by atoms with Crippen molar-refractivity contribution < 1.29 is 14.6 Å². The average Bonchev–Trinajstić information content (AvgIpc) is 2.54. The number of thiocarbonyl (C=S) groups is 1. The van der Waals surface area contributed by atoms with Crippen LogP contribution in [0, 0.1) is 6.92 Å². The maximum atomic E-state index is 11.8. The molecule has 120 valence electrons. The molecule has 0 radical (unpaired) electrons. The molecule has 1 amide bonds. The second-order valence-corrected chi connectivity index (χ2v) is 5.32. The van der Waals surface area contributed by atoms with E-state index in [4.69, 9.17) is 22.1 Å². The summed E-state index contributed by atoms with van der Waals surface area (Å²) in [5.74, 6) is 0.321. The molecule has 0 spiro atoms. The van der Waals surface area contributed by atoms with Crippen molar-refractivity contribution in [3.05, 3.63) is 59.7 Å². The lowest BCUT2D eigenvalue weighted by atomic mass is 10.2. The molecule has 23 heavy (non-hydrogen) atoms. The number of aryl methyl sites for hydroxylation is 1. The topological polar surface area (TPSA) is 70.6 Å². The van der Waals surface area contributed by atoms with Gasteiger partial charge in [0.25, 0.3) is 5.91 Å². The van der Waals surface area contributed by atoms with E-state index >= 15 is 0 Å². The van der Waals surface area contributed by atoms with Gasteiger partial charge >= 0.3 is 0 Å². The van der Waals surface area contributed by atoms with E-state index < -0.39 is 0 Å². The molecule has 5 nitrogen and oxygen atoms in total. The second kappa shape index (κ2) is 8.26. The summed E-state index contributed by atoms with van der Waals surface area (Å²) in [6, 6.07) is 14.6. The first kappa shape index (κ1) is 16.9. The molecule has 6 heteroatoms. The van der Waals surface area contributed by atoms with Gasteiger partial charge in [-0.25, -0.2) is 0 Å². The molecule has 0 unspecified atom stereocenters. The molecule has 2 aromatic rings. The Labute approximate surface area is 140 Å². The fourth-order valence-corrected chi connectivity index (χ4v) is 2.17. The van der Waals surface area contributed by atoms with Gasteiger partial charge in [-0.2, -0.15) is 0 Å². The highest BCUT2D eigenvalue weighted by Gasteiger charge is 2.07. The van der Waals surface area contributed by atoms with Gasteiger partial charge < -0.3 is 15.2 Å². The quantitative estimate of drug-likeness (QED) is 0.734. The number of nitrogens with one attached hydrogen (secondary N) is 2. The average molecular weight is 330 g/mol. The molecule has 0 fully saturated rings. The van der Waals surface area contributed by atoms with E-state index in [0.29, 0.717) is 11.4 Å². The standard InChI is InChI=1S/C17H18N2O3S/c1-12-5-2-3-8-15(12)22-11-16(21)19-17(23)18-14-7-4-6-13(9-14)10-20/h2-9,20H,10-11H2,1H3,(H2,18,19,21,23). The van der Waals surface area contributed by atoms with Gasteiger partial charge in [0.05, 0.1) is 6.61 Å². The van der Waals surface area contributed by atoms with Crippen LogP contribution in [0.2, 0.25) is 0 Å². The van der Waals surface area contributed by atoms with E-state index in [1.807, 2.05) is 25.1 Å². The van der Waals surface area contributed by atoms with Crippen molar-refractivity contribution in [2.24, 2.45) is 0 Å².